The Labute approximate surface area is 341 Å². The maximum atomic E-state index is 13.8. The van der Waals surface area contributed by atoms with Crippen LogP contribution in [-0.4, -0.2) is 122 Å². The number of rotatable bonds is 16. The van der Waals surface area contributed by atoms with Gasteiger partial charge in [-0.3, -0.25) is 43.2 Å². The molecular formula is C36H58N14O9. The fourth-order valence-electron chi connectivity index (χ4n) is 6.02. The normalized spacial score (nSPS) is 25.3. The van der Waals surface area contributed by atoms with Crippen molar-refractivity contribution in [1.29, 1.82) is 0 Å². The number of fused-ring (bicyclic) bond motifs is 3. The van der Waals surface area contributed by atoms with E-state index in [-0.39, 0.29) is 38.5 Å². The molecule has 0 aromatic carbocycles. The third kappa shape index (κ3) is 17.1. The van der Waals surface area contributed by atoms with Crippen molar-refractivity contribution >= 4 is 53.2 Å². The summed E-state index contributed by atoms with van der Waals surface area (Å²) in [7, 11) is 1.40. The van der Waals surface area contributed by atoms with Crippen LogP contribution < -0.4 is 59.7 Å². The van der Waals surface area contributed by atoms with Gasteiger partial charge in [-0.25, -0.2) is 0 Å². The van der Waals surface area contributed by atoms with E-state index in [4.69, 9.17) is 22.7 Å². The summed E-state index contributed by atoms with van der Waals surface area (Å²) in [6, 6.07) is -10.4. The smallest absolute Gasteiger partial charge is 0.243 e. The summed E-state index contributed by atoms with van der Waals surface area (Å²) in [6.45, 7) is 2.07. The molecule has 0 spiro atoms. The Bertz CT molecular complexity index is 1630. The van der Waals surface area contributed by atoms with E-state index in [9.17, 15) is 43.2 Å². The van der Waals surface area contributed by atoms with E-state index in [2.05, 4.69) is 52.6 Å². The van der Waals surface area contributed by atoms with Crippen molar-refractivity contribution in [3.05, 3.63) is 34.7 Å². The van der Waals surface area contributed by atoms with E-state index in [1.54, 1.807) is 0 Å². The van der Waals surface area contributed by atoms with Crippen LogP contribution in [-0.2, 0) is 43.2 Å². The lowest BCUT2D eigenvalue weighted by Crippen LogP contribution is -2.60. The standard InChI is InChI=1S/C36H58N14O9/c1-20-29(52)43-23-12-4-6-13-24(33(56)44-21(30(53)41-2)15-7-9-17-37)47-36(59)27(19-28(39)51)48-34(57)25(45-32(23)55)14-5-3-11-22(31(54)42-20)46-35(58)26(49-50-40)16-8-10-18-38/h3-6,20-27H,7-19,37-38H2,1-2H3,(H2,39,51)(H,41,53)(H,42,54)(H,43,52)(H,44,56)(H,45,55)(H,46,58)(H,47,59)(H,48,57)/b5-3+,6-4+/t20-,21-,22+,23+,24-,25-,26-,27-/m0/s1. The molecule has 0 unspecified atom stereocenters. The fraction of sp³-hybridized carbons (Fsp3) is 0.639. The van der Waals surface area contributed by atoms with Crippen LogP contribution in [0.4, 0.5) is 0 Å². The quantitative estimate of drug-likeness (QED) is 0.0240. The molecule has 0 aliphatic carbocycles. The van der Waals surface area contributed by atoms with E-state index in [1.807, 2.05) is 0 Å². The molecule has 2 aliphatic rings. The van der Waals surface area contributed by atoms with E-state index < -0.39 is 108 Å². The van der Waals surface area contributed by atoms with Crippen LogP contribution in [0.2, 0.25) is 0 Å². The second kappa shape index (κ2) is 26.0. The molecule has 2 rings (SSSR count). The van der Waals surface area contributed by atoms with Gasteiger partial charge in [-0.05, 0) is 83.3 Å². The molecule has 326 valence electrons. The van der Waals surface area contributed by atoms with Gasteiger partial charge in [-0.2, -0.15) is 0 Å². The van der Waals surface area contributed by atoms with Gasteiger partial charge in [0, 0.05) is 12.0 Å². The van der Waals surface area contributed by atoms with E-state index in [0.717, 1.165) is 0 Å². The van der Waals surface area contributed by atoms with Crippen molar-refractivity contribution in [2.24, 2.45) is 22.3 Å². The average Bonchev–Trinajstić information content (AvgIpc) is 3.19. The van der Waals surface area contributed by atoms with Crippen molar-refractivity contribution in [3.63, 3.8) is 0 Å². The Morgan fingerprint density at radius 2 is 1.34 bits per heavy atom. The number of carbonyl (C=O) groups is 9. The monoisotopic (exact) mass is 830 g/mol. The number of primary amides is 1. The highest BCUT2D eigenvalue weighted by molar-refractivity contribution is 5.99. The average molecular weight is 831 g/mol. The number of nitrogens with zero attached hydrogens (tertiary/aromatic N) is 3. The molecule has 0 saturated heterocycles. The molecule has 14 N–H and O–H groups in total. The van der Waals surface area contributed by atoms with E-state index >= 15 is 0 Å². The van der Waals surface area contributed by atoms with E-state index in [1.165, 1.54) is 38.3 Å². The summed E-state index contributed by atoms with van der Waals surface area (Å²) < 4.78 is 0. The topological polar surface area (TPSA) is 377 Å². The van der Waals surface area contributed by atoms with Crippen LogP contribution in [0.5, 0.6) is 0 Å². The largest absolute Gasteiger partial charge is 0.370 e. The third-order valence-electron chi connectivity index (χ3n) is 9.39. The zero-order valence-corrected chi connectivity index (χ0v) is 33.4. The van der Waals surface area contributed by atoms with Gasteiger partial charge in [-0.1, -0.05) is 35.8 Å². The first-order valence-electron chi connectivity index (χ1n) is 19.5. The van der Waals surface area contributed by atoms with Crippen LogP contribution in [0, 0.1) is 0 Å². The van der Waals surface area contributed by atoms with Crippen molar-refractivity contribution in [3.8, 4) is 0 Å². The van der Waals surface area contributed by atoms with Gasteiger partial charge in [0.1, 0.15) is 48.3 Å². The number of nitrogens with one attached hydrogen (secondary N) is 8. The molecule has 59 heavy (non-hydrogen) atoms. The summed E-state index contributed by atoms with van der Waals surface area (Å²) in [4.78, 5) is 122. The minimum atomic E-state index is -1.62. The first-order chi connectivity index (χ1) is 28.1. The number of hydrogen-bond donors (Lipinski definition) is 11. The van der Waals surface area contributed by atoms with Crippen LogP contribution in [0.15, 0.2) is 29.4 Å². The first kappa shape index (κ1) is 49.1. The van der Waals surface area contributed by atoms with Gasteiger partial charge < -0.3 is 59.7 Å². The Hall–Kier alpha value is -6.06. The summed E-state index contributed by atoms with van der Waals surface area (Å²) >= 11 is 0. The Kier molecular flexibility index (Phi) is 21.7. The molecular weight excluding hydrogens is 772 g/mol. The van der Waals surface area contributed by atoms with E-state index in [0.29, 0.717) is 38.8 Å². The van der Waals surface area contributed by atoms with Gasteiger partial charge >= 0.3 is 0 Å². The minimum Gasteiger partial charge on any atom is -0.370 e. The molecule has 23 nitrogen and oxygen atoms in total. The molecule has 23 heteroatoms. The van der Waals surface area contributed by atoms with Gasteiger partial charge in [0.2, 0.25) is 53.2 Å². The second-order valence-electron chi connectivity index (χ2n) is 14.1. The summed E-state index contributed by atoms with van der Waals surface area (Å²) in [5.41, 5.74) is 25.6. The highest BCUT2D eigenvalue weighted by atomic mass is 16.2. The number of carbonyl (C=O) groups excluding carboxylic acids is 9. The highest BCUT2D eigenvalue weighted by Crippen LogP contribution is 2.11. The molecule has 0 aromatic heterocycles. The third-order valence-corrected chi connectivity index (χ3v) is 9.39. The Morgan fingerprint density at radius 1 is 0.763 bits per heavy atom. The van der Waals surface area contributed by atoms with Gasteiger partial charge in [0.25, 0.3) is 0 Å². The first-order valence-corrected chi connectivity index (χ1v) is 19.5. The van der Waals surface area contributed by atoms with Crippen LogP contribution in [0.1, 0.15) is 77.6 Å². The molecule has 0 aromatic rings. The van der Waals surface area contributed by atoms with Gasteiger partial charge in [0.05, 0.1) is 6.42 Å². The maximum Gasteiger partial charge on any atom is 0.243 e. The fourth-order valence-corrected chi connectivity index (χ4v) is 6.02. The van der Waals surface area contributed by atoms with Crippen molar-refractivity contribution < 1.29 is 43.2 Å². The van der Waals surface area contributed by atoms with Crippen LogP contribution in [0.3, 0.4) is 0 Å². The Morgan fingerprint density at radius 3 is 1.93 bits per heavy atom. The van der Waals surface area contributed by atoms with Gasteiger partial charge in [0.15, 0.2) is 0 Å². The summed E-state index contributed by atoms with van der Waals surface area (Å²) in [5.74, 6) is -7.27. The van der Waals surface area contributed by atoms with Gasteiger partial charge in [-0.15, -0.1) is 0 Å². The lowest BCUT2D eigenvalue weighted by molar-refractivity contribution is -0.136. The summed E-state index contributed by atoms with van der Waals surface area (Å²) in [6.07, 6.45) is 6.87. The molecule has 2 heterocycles. The molecule has 0 fully saturated rings. The number of nitrogens with two attached hydrogens (primary N) is 3. The minimum absolute atomic E-state index is 0.165. The van der Waals surface area contributed by atoms with Crippen LogP contribution >= 0.6 is 0 Å². The predicted octanol–water partition coefficient (Wildman–Crippen LogP) is -3.34. The number of azide groups is 1. The SMILES string of the molecule is CNC(=O)[C@H](CCCCN)NC(=O)[C@@H]1C/C=C/C[C@H]2NC(=O)[C@H](C)NC(=O)[C@H](NC(=O)[C@H](CCCCN)N=[N+]=[N-])C/C=C/C[C@H](NC2=O)C(=O)N[C@@H](CC(N)=O)C(=O)N1. The molecule has 2 aliphatic heterocycles. The Balaban J connectivity index is 2.52. The molecule has 8 atom stereocenters. The zero-order chi connectivity index (χ0) is 43.9. The number of amides is 9. The second-order valence-corrected chi connectivity index (χ2v) is 14.1. The highest BCUT2D eigenvalue weighted by Gasteiger charge is 2.34. The molecule has 0 saturated carbocycles. The maximum absolute atomic E-state index is 13.8. The molecule has 0 radical (unpaired) electrons. The lowest BCUT2D eigenvalue weighted by Gasteiger charge is -2.27. The predicted molar refractivity (Wildman–Crippen MR) is 213 cm³/mol. The number of unbranched alkanes of at least 4 members (excludes halogenated alkanes) is 2. The zero-order valence-electron chi connectivity index (χ0n) is 33.4. The van der Waals surface area contributed by atoms with Crippen molar-refractivity contribution in [1.82, 2.24) is 42.5 Å². The van der Waals surface area contributed by atoms with Crippen molar-refractivity contribution in [2.75, 3.05) is 20.1 Å². The van der Waals surface area contributed by atoms with Crippen LogP contribution in [0.25, 0.3) is 10.4 Å². The van der Waals surface area contributed by atoms with Crippen molar-refractivity contribution in [2.45, 2.75) is 126 Å². The number of hydrogen-bond acceptors (Lipinski definition) is 12. The lowest BCUT2D eigenvalue weighted by atomic mass is 10.0. The summed E-state index contributed by atoms with van der Waals surface area (Å²) in [5, 5.41) is 23.8. The molecule has 9 amide bonds. The number of likely N-dealkylation sites (N-methyl/N-ethyl adjacent to an activating group) is 1. The molecule has 2 bridgehead atoms.